The number of fused-ring (bicyclic) bond motifs is 1. The van der Waals surface area contributed by atoms with Gasteiger partial charge in [-0.25, -0.2) is 0 Å². The maximum atomic E-state index is 13.0. The highest BCUT2D eigenvalue weighted by Crippen LogP contribution is 2.37. The Morgan fingerprint density at radius 1 is 1.05 bits per heavy atom. The summed E-state index contributed by atoms with van der Waals surface area (Å²) in [7, 11) is 0. The van der Waals surface area contributed by atoms with Gasteiger partial charge >= 0.3 is 0 Å². The Morgan fingerprint density at radius 3 is 2.52 bits per heavy atom. The van der Waals surface area contributed by atoms with Crippen LogP contribution in [0.5, 0.6) is 5.75 Å². The van der Waals surface area contributed by atoms with E-state index in [0.29, 0.717) is 24.6 Å². The smallest absolute Gasteiger partial charge is 0.229 e. The van der Waals surface area contributed by atoms with E-state index in [4.69, 9.17) is 4.74 Å². The Kier molecular flexibility index (Phi) is 3.36. The Balaban J connectivity index is 1.51. The van der Waals surface area contributed by atoms with Crippen LogP contribution in [0.25, 0.3) is 0 Å². The molecule has 0 N–H and O–H groups in total. The Hall–Kier alpha value is -1.51. The number of amides is 1. The first-order valence-electron chi connectivity index (χ1n) is 8.36. The molecular weight excluding hydrogens is 262 g/mol. The molecule has 2 fully saturated rings. The highest BCUT2D eigenvalue weighted by molar-refractivity contribution is 5.81. The van der Waals surface area contributed by atoms with Gasteiger partial charge in [-0.15, -0.1) is 0 Å². The first-order valence-corrected chi connectivity index (χ1v) is 8.36. The number of rotatable bonds is 3. The zero-order valence-electron chi connectivity index (χ0n) is 12.5. The lowest BCUT2D eigenvalue weighted by molar-refractivity contribution is -0.140. The number of para-hydroxylation sites is 1. The van der Waals surface area contributed by atoms with Crippen LogP contribution in [0.2, 0.25) is 0 Å². The van der Waals surface area contributed by atoms with Crippen LogP contribution >= 0.6 is 0 Å². The molecule has 21 heavy (non-hydrogen) atoms. The molecule has 0 aromatic heterocycles. The number of carbonyl (C=O) groups excluding carboxylic acids is 1. The van der Waals surface area contributed by atoms with E-state index < -0.39 is 0 Å². The molecule has 1 unspecified atom stereocenters. The Bertz CT molecular complexity index is 532. The molecule has 0 spiro atoms. The summed E-state index contributed by atoms with van der Waals surface area (Å²) in [4.78, 5) is 15.3. The predicted molar refractivity (Wildman–Crippen MR) is 81.3 cm³/mol. The quantitative estimate of drug-likeness (QED) is 0.853. The molecule has 4 rings (SSSR count). The molecular formula is C18H23NO2. The largest absolute Gasteiger partial charge is 0.492 e. The van der Waals surface area contributed by atoms with Crippen molar-refractivity contribution < 1.29 is 9.53 Å². The fourth-order valence-electron chi connectivity index (χ4n) is 3.89. The SMILES string of the molecule is O=C(C1COc2ccccc2C1)N(C1CCCC1)C1CC1. The van der Waals surface area contributed by atoms with Gasteiger partial charge in [0.25, 0.3) is 0 Å². The van der Waals surface area contributed by atoms with Crippen molar-refractivity contribution in [3.8, 4) is 5.75 Å². The van der Waals surface area contributed by atoms with Gasteiger partial charge in [0.15, 0.2) is 0 Å². The molecule has 0 saturated heterocycles. The molecule has 112 valence electrons. The summed E-state index contributed by atoms with van der Waals surface area (Å²) in [6.45, 7) is 0.547. The molecule has 1 aliphatic heterocycles. The average Bonchev–Trinajstić information content (AvgIpc) is 3.21. The highest BCUT2D eigenvalue weighted by Gasteiger charge is 2.41. The van der Waals surface area contributed by atoms with Gasteiger partial charge in [-0.05, 0) is 43.7 Å². The summed E-state index contributed by atoms with van der Waals surface area (Å²) >= 11 is 0. The van der Waals surface area contributed by atoms with Crippen LogP contribution in [0.3, 0.4) is 0 Å². The fourth-order valence-corrected chi connectivity index (χ4v) is 3.89. The molecule has 1 amide bonds. The lowest BCUT2D eigenvalue weighted by Crippen LogP contribution is -2.46. The maximum Gasteiger partial charge on any atom is 0.229 e. The van der Waals surface area contributed by atoms with Crippen LogP contribution in [0, 0.1) is 5.92 Å². The molecule has 0 bridgehead atoms. The third kappa shape index (κ3) is 2.54. The number of carbonyl (C=O) groups is 1. The molecule has 2 saturated carbocycles. The number of nitrogens with zero attached hydrogens (tertiary/aromatic N) is 1. The summed E-state index contributed by atoms with van der Waals surface area (Å²) < 4.78 is 5.82. The molecule has 3 aliphatic rings. The second-order valence-corrected chi connectivity index (χ2v) is 6.73. The minimum Gasteiger partial charge on any atom is -0.492 e. The fraction of sp³-hybridized carbons (Fsp3) is 0.611. The van der Waals surface area contributed by atoms with E-state index in [1.807, 2.05) is 18.2 Å². The number of hydrogen-bond acceptors (Lipinski definition) is 2. The lowest BCUT2D eigenvalue weighted by atomic mass is 9.94. The molecule has 1 atom stereocenters. The van der Waals surface area contributed by atoms with Crippen molar-refractivity contribution in [3.63, 3.8) is 0 Å². The molecule has 1 aromatic carbocycles. The van der Waals surface area contributed by atoms with Crippen molar-refractivity contribution in [2.45, 2.75) is 57.0 Å². The Labute approximate surface area is 126 Å². The molecule has 0 radical (unpaired) electrons. The summed E-state index contributed by atoms with van der Waals surface area (Å²) in [6, 6.07) is 9.15. The Morgan fingerprint density at radius 2 is 1.76 bits per heavy atom. The van der Waals surface area contributed by atoms with E-state index in [9.17, 15) is 4.79 Å². The van der Waals surface area contributed by atoms with E-state index in [0.717, 1.165) is 12.2 Å². The van der Waals surface area contributed by atoms with E-state index in [1.54, 1.807) is 0 Å². The first-order chi connectivity index (χ1) is 10.3. The minimum absolute atomic E-state index is 0.0149. The highest BCUT2D eigenvalue weighted by atomic mass is 16.5. The lowest BCUT2D eigenvalue weighted by Gasteiger charge is -2.34. The van der Waals surface area contributed by atoms with E-state index >= 15 is 0 Å². The van der Waals surface area contributed by atoms with Crippen LogP contribution in [0.1, 0.15) is 44.1 Å². The monoisotopic (exact) mass is 285 g/mol. The average molecular weight is 285 g/mol. The van der Waals surface area contributed by atoms with Crippen LogP contribution in [-0.2, 0) is 11.2 Å². The van der Waals surface area contributed by atoms with Crippen molar-refractivity contribution in [2.75, 3.05) is 6.61 Å². The second kappa shape index (κ2) is 5.36. The van der Waals surface area contributed by atoms with Crippen LogP contribution in [0.4, 0.5) is 0 Å². The molecule has 2 aliphatic carbocycles. The van der Waals surface area contributed by atoms with Crippen molar-refractivity contribution in [2.24, 2.45) is 5.92 Å². The van der Waals surface area contributed by atoms with Gasteiger partial charge in [-0.1, -0.05) is 31.0 Å². The van der Waals surface area contributed by atoms with Gasteiger partial charge in [-0.3, -0.25) is 4.79 Å². The van der Waals surface area contributed by atoms with Gasteiger partial charge in [0, 0.05) is 12.1 Å². The topological polar surface area (TPSA) is 29.5 Å². The molecule has 1 aromatic rings. The molecule has 1 heterocycles. The summed E-state index contributed by atoms with van der Waals surface area (Å²) in [5.74, 6) is 1.32. The van der Waals surface area contributed by atoms with Crippen LogP contribution < -0.4 is 4.74 Å². The summed E-state index contributed by atoms with van der Waals surface area (Å²) in [5.41, 5.74) is 1.18. The zero-order chi connectivity index (χ0) is 14.2. The van der Waals surface area contributed by atoms with Crippen molar-refractivity contribution in [1.82, 2.24) is 4.90 Å². The normalized spacial score (nSPS) is 25.2. The summed E-state index contributed by atoms with van der Waals surface area (Å²) in [6.07, 6.45) is 8.21. The number of ether oxygens (including phenoxy) is 1. The van der Waals surface area contributed by atoms with Crippen molar-refractivity contribution in [3.05, 3.63) is 29.8 Å². The van der Waals surface area contributed by atoms with Gasteiger partial charge in [0.05, 0.1) is 5.92 Å². The standard InChI is InChI=1S/C18H23NO2/c20-18(19(16-9-10-16)15-6-2-3-7-15)14-11-13-5-1-4-8-17(13)21-12-14/h1,4-5,8,14-16H,2-3,6-7,9-12H2. The maximum absolute atomic E-state index is 13.0. The van der Waals surface area contributed by atoms with Gasteiger partial charge in [0.1, 0.15) is 12.4 Å². The van der Waals surface area contributed by atoms with E-state index in [2.05, 4.69) is 11.0 Å². The number of benzene rings is 1. The minimum atomic E-state index is 0.0149. The van der Waals surface area contributed by atoms with Gasteiger partial charge in [0.2, 0.25) is 5.91 Å². The van der Waals surface area contributed by atoms with Crippen LogP contribution in [0.15, 0.2) is 24.3 Å². The summed E-state index contributed by atoms with van der Waals surface area (Å²) in [5, 5.41) is 0. The van der Waals surface area contributed by atoms with E-state index in [1.165, 1.54) is 44.1 Å². The zero-order valence-corrected chi connectivity index (χ0v) is 12.5. The van der Waals surface area contributed by atoms with Gasteiger partial charge in [-0.2, -0.15) is 0 Å². The van der Waals surface area contributed by atoms with E-state index in [-0.39, 0.29) is 5.92 Å². The molecule has 3 nitrogen and oxygen atoms in total. The third-order valence-electron chi connectivity index (χ3n) is 5.14. The van der Waals surface area contributed by atoms with Crippen molar-refractivity contribution >= 4 is 5.91 Å². The molecule has 3 heteroatoms. The first kappa shape index (κ1) is 13.2. The predicted octanol–water partition coefficient (Wildman–Crippen LogP) is 3.17. The van der Waals surface area contributed by atoms with Crippen molar-refractivity contribution in [1.29, 1.82) is 0 Å². The third-order valence-corrected chi connectivity index (χ3v) is 5.14. The van der Waals surface area contributed by atoms with Crippen LogP contribution in [-0.4, -0.2) is 29.5 Å². The van der Waals surface area contributed by atoms with Gasteiger partial charge < -0.3 is 9.64 Å². The second-order valence-electron chi connectivity index (χ2n) is 6.73. The number of hydrogen-bond donors (Lipinski definition) is 0.